The topological polar surface area (TPSA) is 26.3 Å². The summed E-state index contributed by atoms with van der Waals surface area (Å²) in [5, 5.41) is 0. The summed E-state index contributed by atoms with van der Waals surface area (Å²) in [4.78, 5) is 12.0. The number of esters is 1. The highest BCUT2D eigenvalue weighted by molar-refractivity contribution is 5.69. The third kappa shape index (κ3) is 13.6. The van der Waals surface area contributed by atoms with E-state index >= 15 is 0 Å². The van der Waals surface area contributed by atoms with E-state index in [4.69, 9.17) is 4.74 Å². The monoisotopic (exact) mass is 326 g/mol. The van der Waals surface area contributed by atoms with E-state index in [-0.39, 0.29) is 11.4 Å². The molecule has 0 bridgehead atoms. The SMILES string of the molecule is CCCCCCCC(=O)OCC(C)(CCCC)CCCCCC. The Labute approximate surface area is 145 Å². The minimum Gasteiger partial charge on any atom is -0.465 e. The van der Waals surface area contributed by atoms with E-state index < -0.39 is 0 Å². The average molecular weight is 327 g/mol. The average Bonchev–Trinajstić information content (AvgIpc) is 2.55. The van der Waals surface area contributed by atoms with Crippen LogP contribution in [0, 0.1) is 5.41 Å². The van der Waals surface area contributed by atoms with Crippen molar-refractivity contribution in [2.45, 2.75) is 118 Å². The summed E-state index contributed by atoms with van der Waals surface area (Å²) in [5.41, 5.74) is 0.182. The van der Waals surface area contributed by atoms with Crippen LogP contribution in [0.5, 0.6) is 0 Å². The van der Waals surface area contributed by atoms with Crippen LogP contribution in [0.4, 0.5) is 0 Å². The van der Waals surface area contributed by atoms with Crippen molar-refractivity contribution in [2.24, 2.45) is 5.41 Å². The smallest absolute Gasteiger partial charge is 0.305 e. The highest BCUT2D eigenvalue weighted by Gasteiger charge is 2.25. The molecule has 1 atom stereocenters. The van der Waals surface area contributed by atoms with Gasteiger partial charge in [-0.3, -0.25) is 4.79 Å². The Bertz CT molecular complexity index is 275. The fraction of sp³-hybridized carbons (Fsp3) is 0.952. The predicted molar refractivity (Wildman–Crippen MR) is 101 cm³/mol. The van der Waals surface area contributed by atoms with Crippen molar-refractivity contribution in [3.8, 4) is 0 Å². The lowest BCUT2D eigenvalue weighted by molar-refractivity contribution is -0.147. The highest BCUT2D eigenvalue weighted by Crippen LogP contribution is 2.31. The van der Waals surface area contributed by atoms with Crippen LogP contribution in [-0.4, -0.2) is 12.6 Å². The number of hydrogen-bond donors (Lipinski definition) is 0. The number of carbonyl (C=O) groups excluding carboxylic acids is 1. The van der Waals surface area contributed by atoms with Crippen molar-refractivity contribution in [2.75, 3.05) is 6.61 Å². The van der Waals surface area contributed by atoms with Crippen molar-refractivity contribution in [1.29, 1.82) is 0 Å². The molecule has 0 spiro atoms. The van der Waals surface area contributed by atoms with Gasteiger partial charge >= 0.3 is 5.97 Å². The number of hydrogen-bond acceptors (Lipinski definition) is 2. The van der Waals surface area contributed by atoms with Crippen LogP contribution < -0.4 is 0 Å². The van der Waals surface area contributed by atoms with Gasteiger partial charge < -0.3 is 4.74 Å². The van der Waals surface area contributed by atoms with Gasteiger partial charge in [-0.1, -0.05) is 91.9 Å². The van der Waals surface area contributed by atoms with E-state index in [0.717, 1.165) is 12.8 Å². The lowest BCUT2D eigenvalue weighted by Crippen LogP contribution is -2.25. The molecular formula is C21H42O2. The van der Waals surface area contributed by atoms with Gasteiger partial charge in [0.15, 0.2) is 0 Å². The molecule has 0 rings (SSSR count). The van der Waals surface area contributed by atoms with Gasteiger partial charge in [0.2, 0.25) is 0 Å². The van der Waals surface area contributed by atoms with E-state index in [1.165, 1.54) is 70.6 Å². The number of carbonyl (C=O) groups is 1. The number of unbranched alkanes of at least 4 members (excludes halogenated alkanes) is 8. The molecule has 0 saturated heterocycles. The van der Waals surface area contributed by atoms with E-state index in [2.05, 4.69) is 27.7 Å². The van der Waals surface area contributed by atoms with Gasteiger partial charge in [0.25, 0.3) is 0 Å². The molecule has 0 aliphatic carbocycles. The molecule has 0 aromatic carbocycles. The largest absolute Gasteiger partial charge is 0.465 e. The second kappa shape index (κ2) is 15.0. The Hall–Kier alpha value is -0.530. The van der Waals surface area contributed by atoms with E-state index in [9.17, 15) is 4.79 Å². The molecule has 1 unspecified atom stereocenters. The third-order valence-corrected chi connectivity index (χ3v) is 4.83. The molecule has 0 N–H and O–H groups in total. The summed E-state index contributed by atoms with van der Waals surface area (Å²) in [5.74, 6) is 0.0118. The molecular weight excluding hydrogens is 284 g/mol. The predicted octanol–water partition coefficient (Wildman–Crippen LogP) is 7.06. The standard InChI is InChI=1S/C21H42O2/c1-5-8-11-13-14-16-20(22)23-19-21(4,17-10-7-3)18-15-12-9-6-2/h5-19H2,1-4H3. The molecule has 0 aromatic rings. The van der Waals surface area contributed by atoms with Crippen LogP contribution in [0.25, 0.3) is 0 Å². The second-order valence-electron chi connectivity index (χ2n) is 7.55. The van der Waals surface area contributed by atoms with E-state index in [1.54, 1.807) is 0 Å². The first-order valence-electron chi connectivity index (χ1n) is 10.2. The molecule has 0 aromatic heterocycles. The van der Waals surface area contributed by atoms with E-state index in [1.807, 2.05) is 0 Å². The zero-order valence-electron chi connectivity index (χ0n) is 16.4. The molecule has 138 valence electrons. The normalized spacial score (nSPS) is 13.7. The lowest BCUT2D eigenvalue weighted by Gasteiger charge is -2.29. The van der Waals surface area contributed by atoms with Gasteiger partial charge in [0.05, 0.1) is 6.61 Å². The maximum absolute atomic E-state index is 12.0. The summed E-state index contributed by atoms with van der Waals surface area (Å²) in [6.07, 6.45) is 16.5. The first-order valence-corrected chi connectivity index (χ1v) is 10.2. The number of ether oxygens (including phenoxy) is 1. The van der Waals surface area contributed by atoms with Crippen LogP contribution in [0.3, 0.4) is 0 Å². The Kier molecular flexibility index (Phi) is 14.7. The quantitative estimate of drug-likeness (QED) is 0.224. The first-order chi connectivity index (χ1) is 11.1. The molecule has 0 aliphatic heterocycles. The summed E-state index contributed by atoms with van der Waals surface area (Å²) in [6, 6.07) is 0. The maximum Gasteiger partial charge on any atom is 0.305 e. The minimum absolute atomic E-state index is 0.0118. The van der Waals surface area contributed by atoms with Gasteiger partial charge in [0, 0.05) is 11.8 Å². The lowest BCUT2D eigenvalue weighted by atomic mass is 9.80. The van der Waals surface area contributed by atoms with Crippen molar-refractivity contribution in [3.63, 3.8) is 0 Å². The molecule has 0 aliphatic rings. The number of rotatable bonds is 16. The minimum atomic E-state index is 0.0118. The van der Waals surface area contributed by atoms with E-state index in [0.29, 0.717) is 13.0 Å². The summed E-state index contributed by atoms with van der Waals surface area (Å²) >= 11 is 0. The van der Waals surface area contributed by atoms with Crippen molar-refractivity contribution >= 4 is 5.97 Å². The van der Waals surface area contributed by atoms with Crippen LogP contribution in [0.2, 0.25) is 0 Å². The van der Waals surface area contributed by atoms with Crippen LogP contribution >= 0.6 is 0 Å². The molecule has 2 nitrogen and oxygen atoms in total. The fourth-order valence-electron chi connectivity index (χ4n) is 3.05. The Morgan fingerprint density at radius 2 is 1.26 bits per heavy atom. The molecule has 23 heavy (non-hydrogen) atoms. The van der Waals surface area contributed by atoms with Crippen molar-refractivity contribution in [3.05, 3.63) is 0 Å². The van der Waals surface area contributed by atoms with Crippen molar-refractivity contribution < 1.29 is 9.53 Å². The zero-order valence-corrected chi connectivity index (χ0v) is 16.4. The molecule has 0 heterocycles. The summed E-state index contributed by atoms with van der Waals surface area (Å²) in [6.45, 7) is 9.63. The van der Waals surface area contributed by atoms with Crippen molar-refractivity contribution in [1.82, 2.24) is 0 Å². The van der Waals surface area contributed by atoms with Crippen LogP contribution in [0.15, 0.2) is 0 Å². The Morgan fingerprint density at radius 3 is 1.87 bits per heavy atom. The third-order valence-electron chi connectivity index (χ3n) is 4.83. The Balaban J connectivity index is 4.02. The first kappa shape index (κ1) is 22.5. The molecule has 0 fully saturated rings. The molecule has 0 amide bonds. The van der Waals surface area contributed by atoms with Crippen LogP contribution in [-0.2, 0) is 9.53 Å². The molecule has 0 saturated carbocycles. The molecule has 0 radical (unpaired) electrons. The highest BCUT2D eigenvalue weighted by atomic mass is 16.5. The Morgan fingerprint density at radius 1 is 0.739 bits per heavy atom. The molecule has 2 heteroatoms. The van der Waals surface area contributed by atoms with Gasteiger partial charge in [-0.2, -0.15) is 0 Å². The second-order valence-corrected chi connectivity index (χ2v) is 7.55. The summed E-state index contributed by atoms with van der Waals surface area (Å²) < 4.78 is 5.63. The fourth-order valence-corrected chi connectivity index (χ4v) is 3.05. The van der Waals surface area contributed by atoms with Crippen LogP contribution in [0.1, 0.15) is 118 Å². The van der Waals surface area contributed by atoms with Gasteiger partial charge in [-0.15, -0.1) is 0 Å². The van der Waals surface area contributed by atoms with Gasteiger partial charge in [-0.05, 0) is 19.3 Å². The van der Waals surface area contributed by atoms with Gasteiger partial charge in [-0.25, -0.2) is 0 Å². The summed E-state index contributed by atoms with van der Waals surface area (Å²) in [7, 11) is 0. The zero-order chi connectivity index (χ0) is 17.4. The van der Waals surface area contributed by atoms with Gasteiger partial charge in [0.1, 0.15) is 0 Å². The maximum atomic E-state index is 12.0.